The number of nitrogens with zero attached hydrogens (tertiary/aromatic N) is 2. The van der Waals surface area contributed by atoms with Crippen LogP contribution in [0.4, 0.5) is 0 Å². The van der Waals surface area contributed by atoms with Gasteiger partial charge in [-0.05, 0) is 35.6 Å². The Hall–Kier alpha value is -2.81. The molecule has 0 radical (unpaired) electrons. The lowest BCUT2D eigenvalue weighted by Gasteiger charge is -2.29. The predicted octanol–water partition coefficient (Wildman–Crippen LogP) is 5.71. The van der Waals surface area contributed by atoms with Gasteiger partial charge in [0.05, 0.1) is 12.5 Å². The summed E-state index contributed by atoms with van der Waals surface area (Å²) in [7, 11) is 0. The predicted molar refractivity (Wildman–Crippen MR) is 120 cm³/mol. The first kappa shape index (κ1) is 20.9. The Morgan fingerprint density at radius 3 is 2.21 bits per heavy atom. The standard InChI is InChI=1S/C26H32N2O/c1-4-25(23-14-9-6-10-15-23)26(29)28(18-21(2)3)20-24-16-11-17-27(24)19-22-12-7-5-8-13-22/h5-17,21,25H,4,18-20H2,1-3H3/t25-/m0/s1. The summed E-state index contributed by atoms with van der Waals surface area (Å²) in [4.78, 5) is 15.6. The molecule has 0 spiro atoms. The van der Waals surface area contributed by atoms with Crippen LogP contribution in [0.1, 0.15) is 49.9 Å². The van der Waals surface area contributed by atoms with Crippen LogP contribution >= 0.6 is 0 Å². The lowest BCUT2D eigenvalue weighted by Crippen LogP contribution is -2.37. The van der Waals surface area contributed by atoms with Crippen molar-refractivity contribution < 1.29 is 4.79 Å². The molecule has 0 unspecified atom stereocenters. The van der Waals surface area contributed by atoms with Crippen molar-refractivity contribution in [3.05, 3.63) is 95.8 Å². The van der Waals surface area contributed by atoms with Crippen molar-refractivity contribution in [2.24, 2.45) is 5.92 Å². The number of rotatable bonds is 9. The van der Waals surface area contributed by atoms with Crippen molar-refractivity contribution in [1.29, 1.82) is 0 Å². The van der Waals surface area contributed by atoms with Crippen LogP contribution in [0, 0.1) is 5.92 Å². The minimum atomic E-state index is -0.0903. The number of amides is 1. The first-order chi connectivity index (χ1) is 14.1. The molecule has 0 N–H and O–H groups in total. The van der Waals surface area contributed by atoms with E-state index in [1.165, 1.54) is 11.3 Å². The van der Waals surface area contributed by atoms with Gasteiger partial charge in [-0.15, -0.1) is 0 Å². The third-order valence-corrected chi connectivity index (χ3v) is 5.28. The minimum absolute atomic E-state index is 0.0903. The number of hydrogen-bond acceptors (Lipinski definition) is 1. The zero-order valence-corrected chi connectivity index (χ0v) is 17.8. The molecule has 1 amide bonds. The van der Waals surface area contributed by atoms with Crippen molar-refractivity contribution in [2.45, 2.75) is 46.2 Å². The smallest absolute Gasteiger partial charge is 0.230 e. The maximum absolute atomic E-state index is 13.5. The summed E-state index contributed by atoms with van der Waals surface area (Å²) >= 11 is 0. The number of aromatic nitrogens is 1. The van der Waals surface area contributed by atoms with Crippen LogP contribution < -0.4 is 0 Å². The molecule has 1 atom stereocenters. The Morgan fingerprint density at radius 2 is 1.59 bits per heavy atom. The zero-order chi connectivity index (χ0) is 20.6. The number of hydrogen-bond donors (Lipinski definition) is 0. The largest absolute Gasteiger partial charge is 0.345 e. The maximum atomic E-state index is 13.5. The van der Waals surface area contributed by atoms with Gasteiger partial charge >= 0.3 is 0 Å². The van der Waals surface area contributed by atoms with Crippen LogP contribution in [-0.4, -0.2) is 21.9 Å². The van der Waals surface area contributed by atoms with Gasteiger partial charge in [0.1, 0.15) is 0 Å². The van der Waals surface area contributed by atoms with Gasteiger partial charge < -0.3 is 9.47 Å². The van der Waals surface area contributed by atoms with E-state index in [4.69, 9.17) is 0 Å². The second-order valence-corrected chi connectivity index (χ2v) is 8.10. The van der Waals surface area contributed by atoms with Crippen LogP contribution in [0.25, 0.3) is 0 Å². The Balaban J connectivity index is 1.81. The highest BCUT2D eigenvalue weighted by atomic mass is 16.2. The molecule has 0 fully saturated rings. The molecule has 0 aliphatic rings. The van der Waals surface area contributed by atoms with E-state index in [-0.39, 0.29) is 11.8 Å². The molecule has 2 aromatic carbocycles. The lowest BCUT2D eigenvalue weighted by molar-refractivity contribution is -0.134. The topological polar surface area (TPSA) is 25.2 Å². The van der Waals surface area contributed by atoms with Crippen LogP contribution in [0.5, 0.6) is 0 Å². The molecule has 0 aliphatic heterocycles. The van der Waals surface area contributed by atoms with Crippen LogP contribution in [-0.2, 0) is 17.9 Å². The first-order valence-electron chi connectivity index (χ1n) is 10.6. The summed E-state index contributed by atoms with van der Waals surface area (Å²) in [6.45, 7) is 8.67. The molecule has 3 aromatic rings. The molecule has 29 heavy (non-hydrogen) atoms. The molecular formula is C26H32N2O. The van der Waals surface area contributed by atoms with Crippen molar-refractivity contribution in [1.82, 2.24) is 9.47 Å². The third-order valence-electron chi connectivity index (χ3n) is 5.28. The lowest BCUT2D eigenvalue weighted by atomic mass is 9.94. The van der Waals surface area contributed by atoms with E-state index in [9.17, 15) is 4.79 Å². The first-order valence-corrected chi connectivity index (χ1v) is 10.6. The van der Waals surface area contributed by atoms with Gasteiger partial charge in [0, 0.05) is 25.0 Å². The summed E-state index contributed by atoms with van der Waals surface area (Å²) in [5, 5.41) is 0. The third kappa shape index (κ3) is 5.60. The molecule has 3 nitrogen and oxygen atoms in total. The zero-order valence-electron chi connectivity index (χ0n) is 17.8. The van der Waals surface area contributed by atoms with Crippen LogP contribution in [0.2, 0.25) is 0 Å². The Bertz CT molecular complexity index is 883. The Morgan fingerprint density at radius 1 is 0.931 bits per heavy atom. The van der Waals surface area contributed by atoms with Gasteiger partial charge in [-0.3, -0.25) is 4.79 Å². The fourth-order valence-corrected chi connectivity index (χ4v) is 3.85. The van der Waals surface area contributed by atoms with E-state index in [1.54, 1.807) is 0 Å². The fourth-order valence-electron chi connectivity index (χ4n) is 3.85. The second kappa shape index (κ2) is 10.1. The highest BCUT2D eigenvalue weighted by Gasteiger charge is 2.25. The van der Waals surface area contributed by atoms with Gasteiger partial charge in [0.15, 0.2) is 0 Å². The molecular weight excluding hydrogens is 356 g/mol. The quantitative estimate of drug-likeness (QED) is 0.460. The van der Waals surface area contributed by atoms with Gasteiger partial charge in [-0.1, -0.05) is 81.4 Å². The summed E-state index contributed by atoms with van der Waals surface area (Å²) in [6, 6.07) is 24.8. The number of carbonyl (C=O) groups is 1. The Kier molecular flexibility index (Phi) is 7.29. The summed E-state index contributed by atoms with van der Waals surface area (Å²) < 4.78 is 2.25. The normalized spacial score (nSPS) is 12.1. The monoisotopic (exact) mass is 388 g/mol. The highest BCUT2D eigenvalue weighted by molar-refractivity contribution is 5.83. The van der Waals surface area contributed by atoms with Gasteiger partial charge in [-0.2, -0.15) is 0 Å². The summed E-state index contributed by atoms with van der Waals surface area (Å²) in [6.07, 6.45) is 2.91. The van der Waals surface area contributed by atoms with Gasteiger partial charge in [0.25, 0.3) is 0 Å². The fraction of sp³-hybridized carbons (Fsp3) is 0.346. The van der Waals surface area contributed by atoms with Crippen molar-refractivity contribution in [3.8, 4) is 0 Å². The van der Waals surface area contributed by atoms with Crippen LogP contribution in [0.15, 0.2) is 79.0 Å². The molecule has 0 saturated heterocycles. The van der Waals surface area contributed by atoms with E-state index < -0.39 is 0 Å². The van der Waals surface area contributed by atoms with Gasteiger partial charge in [-0.25, -0.2) is 0 Å². The molecule has 0 bridgehead atoms. The van der Waals surface area contributed by atoms with E-state index in [2.05, 4.69) is 80.1 Å². The molecule has 152 valence electrons. The van der Waals surface area contributed by atoms with Crippen molar-refractivity contribution >= 4 is 5.91 Å². The molecule has 3 rings (SSSR count). The average Bonchev–Trinajstić information content (AvgIpc) is 3.16. The molecule has 3 heteroatoms. The van der Waals surface area contributed by atoms with Crippen molar-refractivity contribution in [2.75, 3.05) is 6.54 Å². The summed E-state index contributed by atoms with van der Waals surface area (Å²) in [5.74, 6) is 0.553. The highest BCUT2D eigenvalue weighted by Crippen LogP contribution is 2.24. The van der Waals surface area contributed by atoms with Gasteiger partial charge in [0.2, 0.25) is 5.91 Å². The Labute approximate surface area is 175 Å². The molecule has 1 heterocycles. The SMILES string of the molecule is CC[C@H](C(=O)N(Cc1cccn1Cc1ccccc1)CC(C)C)c1ccccc1. The summed E-state index contributed by atoms with van der Waals surface area (Å²) in [5.41, 5.74) is 3.54. The maximum Gasteiger partial charge on any atom is 0.230 e. The molecule has 0 saturated carbocycles. The van der Waals surface area contributed by atoms with E-state index in [0.717, 1.165) is 25.1 Å². The van der Waals surface area contributed by atoms with Crippen LogP contribution in [0.3, 0.4) is 0 Å². The minimum Gasteiger partial charge on any atom is -0.345 e. The second-order valence-electron chi connectivity index (χ2n) is 8.10. The van der Waals surface area contributed by atoms with E-state index >= 15 is 0 Å². The molecule has 0 aliphatic carbocycles. The van der Waals surface area contributed by atoms with E-state index in [1.807, 2.05) is 29.2 Å². The number of carbonyl (C=O) groups excluding carboxylic acids is 1. The number of benzene rings is 2. The molecule has 1 aromatic heterocycles. The van der Waals surface area contributed by atoms with Crippen molar-refractivity contribution in [3.63, 3.8) is 0 Å². The average molecular weight is 389 g/mol. The van der Waals surface area contributed by atoms with E-state index in [0.29, 0.717) is 12.5 Å².